The Labute approximate surface area is 126 Å². The average molecular weight is 346 g/mol. The SMILES string of the molecule is CC(C(=O)N(C)Cc1csc(Br)c1)N1CCNCC1. The van der Waals surface area contributed by atoms with Crippen LogP contribution in [0, 0.1) is 0 Å². The molecule has 1 aliphatic rings. The molecule has 2 rings (SSSR count). The molecule has 2 heterocycles. The minimum Gasteiger partial charge on any atom is -0.340 e. The Morgan fingerprint density at radius 3 is 2.84 bits per heavy atom. The molecular formula is C13H20BrN3OS. The molecule has 0 radical (unpaired) electrons. The summed E-state index contributed by atoms with van der Waals surface area (Å²) >= 11 is 5.11. The third-order valence-corrected chi connectivity index (χ3v) is 5.03. The molecule has 0 spiro atoms. The molecule has 1 unspecified atom stereocenters. The van der Waals surface area contributed by atoms with E-state index in [4.69, 9.17) is 0 Å². The van der Waals surface area contributed by atoms with E-state index in [1.54, 1.807) is 11.3 Å². The minimum atomic E-state index is -0.0332. The second-order valence-electron chi connectivity index (χ2n) is 4.92. The molecule has 0 saturated carbocycles. The van der Waals surface area contributed by atoms with Crippen molar-refractivity contribution in [1.82, 2.24) is 15.1 Å². The number of hydrogen-bond acceptors (Lipinski definition) is 4. The number of rotatable bonds is 4. The molecule has 6 heteroatoms. The summed E-state index contributed by atoms with van der Waals surface area (Å²) in [6, 6.07) is 2.04. The van der Waals surface area contributed by atoms with Crippen LogP contribution in [0.1, 0.15) is 12.5 Å². The summed E-state index contributed by atoms with van der Waals surface area (Å²) in [5, 5.41) is 5.40. The predicted molar refractivity (Wildman–Crippen MR) is 82.4 cm³/mol. The Morgan fingerprint density at radius 1 is 1.58 bits per heavy atom. The van der Waals surface area contributed by atoms with Crippen molar-refractivity contribution in [1.29, 1.82) is 0 Å². The van der Waals surface area contributed by atoms with E-state index in [0.717, 1.165) is 30.0 Å². The van der Waals surface area contributed by atoms with Gasteiger partial charge in [-0.15, -0.1) is 11.3 Å². The second-order valence-corrected chi connectivity index (χ2v) is 7.21. The fourth-order valence-corrected chi connectivity index (χ4v) is 3.53. The van der Waals surface area contributed by atoms with Gasteiger partial charge in [-0.25, -0.2) is 0 Å². The van der Waals surface area contributed by atoms with Gasteiger partial charge in [0.25, 0.3) is 0 Å². The molecular weight excluding hydrogens is 326 g/mol. The molecule has 106 valence electrons. The number of nitrogens with one attached hydrogen (secondary N) is 1. The van der Waals surface area contributed by atoms with Crippen LogP contribution in [0.4, 0.5) is 0 Å². The van der Waals surface area contributed by atoms with Crippen LogP contribution in [0.15, 0.2) is 15.2 Å². The quantitative estimate of drug-likeness (QED) is 0.903. The third-order valence-electron chi connectivity index (χ3n) is 3.47. The first-order chi connectivity index (χ1) is 9.08. The predicted octanol–water partition coefficient (Wildman–Crippen LogP) is 1.76. The Kier molecular flexibility index (Phi) is 5.38. The summed E-state index contributed by atoms with van der Waals surface area (Å²) in [4.78, 5) is 16.5. The maximum Gasteiger partial charge on any atom is 0.239 e. The smallest absolute Gasteiger partial charge is 0.239 e. The lowest BCUT2D eigenvalue weighted by molar-refractivity contribution is -0.135. The zero-order chi connectivity index (χ0) is 13.8. The maximum atomic E-state index is 12.4. The van der Waals surface area contributed by atoms with E-state index in [9.17, 15) is 4.79 Å². The first-order valence-corrected chi connectivity index (χ1v) is 8.18. The van der Waals surface area contributed by atoms with Crippen LogP contribution < -0.4 is 5.32 Å². The van der Waals surface area contributed by atoms with E-state index in [0.29, 0.717) is 6.54 Å². The lowest BCUT2D eigenvalue weighted by atomic mass is 10.2. The molecule has 4 nitrogen and oxygen atoms in total. The van der Waals surface area contributed by atoms with Gasteiger partial charge in [-0.2, -0.15) is 0 Å². The summed E-state index contributed by atoms with van der Waals surface area (Å²) < 4.78 is 1.11. The molecule has 1 fully saturated rings. The third kappa shape index (κ3) is 4.02. The van der Waals surface area contributed by atoms with Crippen molar-refractivity contribution >= 4 is 33.2 Å². The molecule has 1 atom stereocenters. The van der Waals surface area contributed by atoms with Crippen molar-refractivity contribution in [3.8, 4) is 0 Å². The minimum absolute atomic E-state index is 0.0332. The van der Waals surface area contributed by atoms with Crippen molar-refractivity contribution in [2.24, 2.45) is 0 Å². The number of carbonyl (C=O) groups is 1. The highest BCUT2D eigenvalue weighted by atomic mass is 79.9. The number of amides is 1. The molecule has 1 aliphatic heterocycles. The zero-order valence-electron chi connectivity index (χ0n) is 11.4. The van der Waals surface area contributed by atoms with Gasteiger partial charge in [-0.3, -0.25) is 9.69 Å². The summed E-state index contributed by atoms with van der Waals surface area (Å²) in [6.07, 6.45) is 0. The van der Waals surface area contributed by atoms with Gasteiger partial charge >= 0.3 is 0 Å². The second kappa shape index (κ2) is 6.83. The normalized spacial score (nSPS) is 18.3. The summed E-state index contributed by atoms with van der Waals surface area (Å²) in [5.74, 6) is 0.198. The van der Waals surface area contributed by atoms with Gasteiger partial charge in [0.1, 0.15) is 0 Å². The lowest BCUT2D eigenvalue weighted by Crippen LogP contribution is -2.52. The van der Waals surface area contributed by atoms with Gasteiger partial charge in [0.05, 0.1) is 9.83 Å². The Hall–Kier alpha value is -0.430. The van der Waals surface area contributed by atoms with Gasteiger partial charge < -0.3 is 10.2 Å². The molecule has 19 heavy (non-hydrogen) atoms. The number of nitrogens with zero attached hydrogens (tertiary/aromatic N) is 2. The molecule has 1 N–H and O–H groups in total. The first kappa shape index (κ1) is 15.0. The van der Waals surface area contributed by atoms with Crippen molar-refractivity contribution in [2.45, 2.75) is 19.5 Å². The van der Waals surface area contributed by atoms with Crippen LogP contribution in [0.25, 0.3) is 0 Å². The summed E-state index contributed by atoms with van der Waals surface area (Å²) in [6.45, 7) is 6.53. The van der Waals surface area contributed by atoms with Crippen LogP contribution >= 0.6 is 27.3 Å². The highest BCUT2D eigenvalue weighted by Gasteiger charge is 2.25. The number of carbonyl (C=O) groups excluding carboxylic acids is 1. The molecule has 0 aliphatic carbocycles. The highest BCUT2D eigenvalue weighted by Crippen LogP contribution is 2.21. The molecule has 1 aromatic heterocycles. The molecule has 0 bridgehead atoms. The van der Waals surface area contributed by atoms with E-state index < -0.39 is 0 Å². The van der Waals surface area contributed by atoms with Crippen LogP contribution in [0.2, 0.25) is 0 Å². The van der Waals surface area contributed by atoms with Crippen molar-refractivity contribution < 1.29 is 4.79 Å². The Bertz CT molecular complexity index is 431. The lowest BCUT2D eigenvalue weighted by Gasteiger charge is -2.34. The molecule has 1 saturated heterocycles. The topological polar surface area (TPSA) is 35.6 Å². The number of hydrogen-bond donors (Lipinski definition) is 1. The van der Waals surface area contributed by atoms with Crippen LogP contribution in [0.5, 0.6) is 0 Å². The first-order valence-electron chi connectivity index (χ1n) is 6.50. The summed E-state index contributed by atoms with van der Waals surface area (Å²) in [5.41, 5.74) is 1.18. The Morgan fingerprint density at radius 2 is 2.26 bits per heavy atom. The van der Waals surface area contributed by atoms with Crippen molar-refractivity contribution in [2.75, 3.05) is 33.2 Å². The fraction of sp³-hybridized carbons (Fsp3) is 0.615. The highest BCUT2D eigenvalue weighted by molar-refractivity contribution is 9.11. The average Bonchev–Trinajstić information content (AvgIpc) is 2.83. The van der Waals surface area contributed by atoms with E-state index in [1.165, 1.54) is 5.56 Å². The van der Waals surface area contributed by atoms with Gasteiger partial charge in [-0.1, -0.05) is 0 Å². The van der Waals surface area contributed by atoms with Crippen LogP contribution in [0.3, 0.4) is 0 Å². The van der Waals surface area contributed by atoms with Gasteiger partial charge in [0.15, 0.2) is 0 Å². The van der Waals surface area contributed by atoms with Crippen molar-refractivity contribution in [3.05, 3.63) is 20.8 Å². The standard InChI is InChI=1S/C13H20BrN3OS/c1-10(17-5-3-15-4-6-17)13(18)16(2)8-11-7-12(14)19-9-11/h7,9-10,15H,3-6,8H2,1-2H3. The number of halogens is 1. The fourth-order valence-electron chi connectivity index (χ4n) is 2.33. The molecule has 1 amide bonds. The van der Waals surface area contributed by atoms with E-state index in [1.807, 2.05) is 18.9 Å². The van der Waals surface area contributed by atoms with Crippen molar-refractivity contribution in [3.63, 3.8) is 0 Å². The van der Waals surface area contributed by atoms with E-state index in [2.05, 4.69) is 37.6 Å². The zero-order valence-corrected chi connectivity index (χ0v) is 13.8. The number of thiophene rings is 1. The van der Waals surface area contributed by atoms with Crippen LogP contribution in [-0.2, 0) is 11.3 Å². The molecule has 1 aromatic rings. The monoisotopic (exact) mass is 345 g/mol. The Balaban J connectivity index is 1.90. The van der Waals surface area contributed by atoms with Gasteiger partial charge in [0, 0.05) is 39.8 Å². The summed E-state index contributed by atoms with van der Waals surface area (Å²) in [7, 11) is 1.88. The maximum absolute atomic E-state index is 12.4. The van der Waals surface area contributed by atoms with Gasteiger partial charge in [0.2, 0.25) is 5.91 Å². The largest absolute Gasteiger partial charge is 0.340 e. The molecule has 0 aromatic carbocycles. The van der Waals surface area contributed by atoms with E-state index in [-0.39, 0.29) is 11.9 Å². The number of likely N-dealkylation sites (N-methyl/N-ethyl adjacent to an activating group) is 1. The number of piperazine rings is 1. The van der Waals surface area contributed by atoms with Gasteiger partial charge in [-0.05, 0) is 39.9 Å². The van der Waals surface area contributed by atoms with Crippen LogP contribution in [-0.4, -0.2) is 55.0 Å². The van der Waals surface area contributed by atoms with E-state index >= 15 is 0 Å².